The maximum absolute atomic E-state index is 4.66. The van der Waals surface area contributed by atoms with Gasteiger partial charge in [-0.2, -0.15) is 0 Å². The summed E-state index contributed by atoms with van der Waals surface area (Å²) in [6.45, 7) is 1.93. The molecule has 3 heteroatoms. The van der Waals surface area contributed by atoms with E-state index in [1.54, 1.807) is 12.4 Å². The van der Waals surface area contributed by atoms with Gasteiger partial charge in [-0.3, -0.25) is 4.98 Å². The highest BCUT2D eigenvalue weighted by Crippen LogP contribution is 2.30. The van der Waals surface area contributed by atoms with E-state index in [-0.39, 0.29) is 0 Å². The molecule has 0 aliphatic carbocycles. The Hall–Kier alpha value is -3.85. The van der Waals surface area contributed by atoms with Gasteiger partial charge in [0, 0.05) is 23.5 Å². The molecule has 2 heterocycles. The van der Waals surface area contributed by atoms with Crippen molar-refractivity contribution < 1.29 is 0 Å². The van der Waals surface area contributed by atoms with Gasteiger partial charge in [0.05, 0.1) is 11.4 Å². The Labute approximate surface area is 169 Å². The number of hydrogen-bond donors (Lipinski definition) is 0. The van der Waals surface area contributed by atoms with Crippen LogP contribution in [0.1, 0.15) is 5.82 Å². The topological polar surface area (TPSA) is 38.7 Å². The molecule has 0 fully saturated rings. The minimum Gasteiger partial charge on any atom is -0.265 e. The molecule has 3 aromatic carbocycles. The molecule has 5 rings (SSSR count). The summed E-state index contributed by atoms with van der Waals surface area (Å²) in [5.74, 6) is 0.757. The lowest BCUT2D eigenvalue weighted by atomic mass is 9.97. The fraction of sp³-hybridized carbons (Fsp3) is 0.0385. The van der Waals surface area contributed by atoms with Crippen LogP contribution in [0.2, 0.25) is 0 Å². The number of fused-ring (bicyclic) bond motifs is 1. The van der Waals surface area contributed by atoms with Crippen molar-refractivity contribution in [1.29, 1.82) is 0 Å². The maximum atomic E-state index is 4.66. The van der Waals surface area contributed by atoms with Gasteiger partial charge in [0.15, 0.2) is 0 Å². The van der Waals surface area contributed by atoms with Gasteiger partial charge in [-0.1, -0.05) is 66.7 Å². The quantitative estimate of drug-likeness (QED) is 0.371. The lowest BCUT2D eigenvalue weighted by Gasteiger charge is -2.09. The second kappa shape index (κ2) is 7.28. The van der Waals surface area contributed by atoms with E-state index < -0.39 is 0 Å². The number of pyridine rings is 1. The summed E-state index contributed by atoms with van der Waals surface area (Å²) in [4.78, 5) is 13.3. The summed E-state index contributed by atoms with van der Waals surface area (Å²) < 4.78 is 0. The van der Waals surface area contributed by atoms with E-state index in [0.717, 1.165) is 28.3 Å². The van der Waals surface area contributed by atoms with E-state index in [1.807, 2.05) is 25.1 Å². The number of rotatable bonds is 3. The summed E-state index contributed by atoms with van der Waals surface area (Å²) >= 11 is 0. The van der Waals surface area contributed by atoms with Gasteiger partial charge in [0.25, 0.3) is 0 Å². The zero-order chi connectivity index (χ0) is 19.6. The van der Waals surface area contributed by atoms with Crippen molar-refractivity contribution in [2.24, 2.45) is 0 Å². The highest BCUT2D eigenvalue weighted by Gasteiger charge is 2.08. The average Bonchev–Trinajstić information content (AvgIpc) is 2.79. The number of hydrogen-bond acceptors (Lipinski definition) is 3. The molecule has 138 valence electrons. The van der Waals surface area contributed by atoms with Crippen LogP contribution in [0.3, 0.4) is 0 Å². The third-order valence-corrected chi connectivity index (χ3v) is 5.10. The standard InChI is InChI=1S/C26H19N3/c1-18-28-25(17-26(29-18)22-13-15-27-16-14-22)21-11-9-20(10-12-21)24-8-4-6-19-5-2-3-7-23(19)24/h2-17H,1H3. The SMILES string of the molecule is Cc1nc(-c2ccncc2)cc(-c2ccc(-c3cccc4ccccc34)cc2)n1. The first-order chi connectivity index (χ1) is 14.3. The first kappa shape index (κ1) is 17.3. The fourth-order valence-electron chi connectivity index (χ4n) is 3.68. The predicted molar refractivity (Wildman–Crippen MR) is 118 cm³/mol. The van der Waals surface area contributed by atoms with E-state index in [0.29, 0.717) is 0 Å². The van der Waals surface area contributed by atoms with E-state index in [4.69, 9.17) is 0 Å². The largest absolute Gasteiger partial charge is 0.265 e. The van der Waals surface area contributed by atoms with Crippen molar-refractivity contribution in [2.45, 2.75) is 6.92 Å². The van der Waals surface area contributed by atoms with E-state index in [1.165, 1.54) is 21.9 Å². The first-order valence-corrected chi connectivity index (χ1v) is 9.62. The molecule has 0 atom stereocenters. The summed E-state index contributed by atoms with van der Waals surface area (Å²) in [6, 6.07) is 29.5. The number of nitrogens with zero attached hydrogens (tertiary/aromatic N) is 3. The molecular formula is C26H19N3. The second-order valence-corrected chi connectivity index (χ2v) is 7.03. The molecule has 0 radical (unpaired) electrons. The fourth-order valence-corrected chi connectivity index (χ4v) is 3.68. The van der Waals surface area contributed by atoms with E-state index in [2.05, 4.69) is 81.7 Å². The second-order valence-electron chi connectivity index (χ2n) is 7.03. The van der Waals surface area contributed by atoms with Crippen LogP contribution < -0.4 is 0 Å². The summed E-state index contributed by atoms with van der Waals surface area (Å²) in [7, 11) is 0. The van der Waals surface area contributed by atoms with Gasteiger partial charge in [0.2, 0.25) is 0 Å². The van der Waals surface area contributed by atoms with Crippen LogP contribution in [-0.4, -0.2) is 15.0 Å². The van der Waals surface area contributed by atoms with Crippen molar-refractivity contribution in [3.63, 3.8) is 0 Å². The van der Waals surface area contributed by atoms with Crippen molar-refractivity contribution in [3.8, 4) is 33.6 Å². The van der Waals surface area contributed by atoms with Gasteiger partial charge in [-0.25, -0.2) is 9.97 Å². The van der Waals surface area contributed by atoms with Gasteiger partial charge < -0.3 is 0 Å². The van der Waals surface area contributed by atoms with Crippen LogP contribution in [0.25, 0.3) is 44.4 Å². The molecule has 3 nitrogen and oxygen atoms in total. The Morgan fingerprint density at radius 2 is 1.21 bits per heavy atom. The minimum absolute atomic E-state index is 0.757. The Morgan fingerprint density at radius 1 is 0.586 bits per heavy atom. The van der Waals surface area contributed by atoms with Crippen molar-refractivity contribution in [3.05, 3.63) is 103 Å². The van der Waals surface area contributed by atoms with Crippen molar-refractivity contribution >= 4 is 10.8 Å². The van der Waals surface area contributed by atoms with Gasteiger partial charge >= 0.3 is 0 Å². The lowest BCUT2D eigenvalue weighted by molar-refractivity contribution is 1.06. The summed E-state index contributed by atoms with van der Waals surface area (Å²) in [6.07, 6.45) is 3.57. The molecule has 0 saturated heterocycles. The van der Waals surface area contributed by atoms with Gasteiger partial charge in [-0.05, 0) is 47.0 Å². The Bertz CT molecular complexity index is 1290. The highest BCUT2D eigenvalue weighted by molar-refractivity contribution is 5.96. The Morgan fingerprint density at radius 3 is 1.97 bits per heavy atom. The zero-order valence-electron chi connectivity index (χ0n) is 16.1. The van der Waals surface area contributed by atoms with Crippen molar-refractivity contribution in [1.82, 2.24) is 15.0 Å². The molecule has 0 aliphatic heterocycles. The minimum atomic E-state index is 0.757. The van der Waals surface area contributed by atoms with Crippen LogP contribution in [0.15, 0.2) is 97.3 Å². The van der Waals surface area contributed by atoms with Gasteiger partial charge in [-0.15, -0.1) is 0 Å². The van der Waals surface area contributed by atoms with Crippen LogP contribution in [0, 0.1) is 6.92 Å². The van der Waals surface area contributed by atoms with Crippen LogP contribution in [0.5, 0.6) is 0 Å². The van der Waals surface area contributed by atoms with E-state index in [9.17, 15) is 0 Å². The summed E-state index contributed by atoms with van der Waals surface area (Å²) in [5.41, 5.74) is 6.40. The molecular weight excluding hydrogens is 354 g/mol. The Balaban J connectivity index is 1.55. The Kier molecular flexibility index (Phi) is 4.34. The number of aryl methyl sites for hydroxylation is 1. The molecule has 29 heavy (non-hydrogen) atoms. The number of benzene rings is 3. The molecule has 2 aromatic heterocycles. The molecule has 5 aromatic rings. The van der Waals surface area contributed by atoms with Gasteiger partial charge in [0.1, 0.15) is 5.82 Å². The lowest BCUT2D eigenvalue weighted by Crippen LogP contribution is -1.94. The van der Waals surface area contributed by atoms with Crippen LogP contribution in [-0.2, 0) is 0 Å². The van der Waals surface area contributed by atoms with E-state index >= 15 is 0 Å². The summed E-state index contributed by atoms with van der Waals surface area (Å²) in [5, 5.41) is 2.52. The normalized spacial score (nSPS) is 10.9. The molecule has 0 spiro atoms. The smallest absolute Gasteiger partial charge is 0.126 e. The molecule has 0 amide bonds. The zero-order valence-corrected chi connectivity index (χ0v) is 16.1. The maximum Gasteiger partial charge on any atom is 0.126 e. The molecule has 0 unspecified atom stereocenters. The molecule has 0 aliphatic rings. The molecule has 0 saturated carbocycles. The molecule has 0 bridgehead atoms. The average molecular weight is 373 g/mol. The monoisotopic (exact) mass is 373 g/mol. The molecule has 0 N–H and O–H groups in total. The third-order valence-electron chi connectivity index (χ3n) is 5.10. The van der Waals surface area contributed by atoms with Crippen LogP contribution >= 0.6 is 0 Å². The van der Waals surface area contributed by atoms with Crippen molar-refractivity contribution in [2.75, 3.05) is 0 Å². The van der Waals surface area contributed by atoms with Crippen LogP contribution in [0.4, 0.5) is 0 Å². The predicted octanol–water partition coefficient (Wildman–Crippen LogP) is 6.33. The number of aromatic nitrogens is 3. The first-order valence-electron chi connectivity index (χ1n) is 9.62. The highest BCUT2D eigenvalue weighted by atomic mass is 14.9. The third kappa shape index (κ3) is 3.39.